The average Bonchev–Trinajstić information content (AvgIpc) is 3.45. The van der Waals surface area contributed by atoms with Gasteiger partial charge in [0.05, 0.1) is 5.60 Å². The van der Waals surface area contributed by atoms with Crippen LogP contribution in [0.25, 0.3) is 0 Å². The first kappa shape index (κ1) is 18.7. The maximum Gasteiger partial charge on any atom is 0.0728 e. The highest BCUT2D eigenvalue weighted by atomic mass is 35.5. The minimum atomic E-state index is -0.575. The monoisotopic (exact) mass is 376 g/mol. The van der Waals surface area contributed by atoms with Crippen molar-refractivity contribution in [2.24, 2.45) is 5.92 Å². The molecule has 0 bridgehead atoms. The van der Waals surface area contributed by atoms with Gasteiger partial charge in [0.15, 0.2) is 0 Å². The van der Waals surface area contributed by atoms with Gasteiger partial charge in [0, 0.05) is 50.2 Å². The van der Waals surface area contributed by atoms with E-state index in [0.717, 1.165) is 56.3 Å². The Morgan fingerprint density at radius 2 is 1.73 bits per heavy atom. The number of rotatable bonds is 6. The molecule has 1 aliphatic heterocycles. The van der Waals surface area contributed by atoms with E-state index in [4.69, 9.17) is 11.6 Å². The second kappa shape index (κ2) is 8.18. The summed E-state index contributed by atoms with van der Waals surface area (Å²) >= 11 is 6.29. The van der Waals surface area contributed by atoms with Crippen molar-refractivity contribution >= 4 is 11.6 Å². The van der Waals surface area contributed by atoms with Gasteiger partial charge in [0.1, 0.15) is 0 Å². The second-order valence-corrected chi connectivity index (χ2v) is 9.25. The van der Waals surface area contributed by atoms with Gasteiger partial charge in [-0.15, -0.1) is 0 Å². The van der Waals surface area contributed by atoms with Gasteiger partial charge >= 0.3 is 0 Å². The first-order valence-electron chi connectivity index (χ1n) is 10.5. The van der Waals surface area contributed by atoms with Crippen LogP contribution in [-0.2, 0) is 0 Å². The van der Waals surface area contributed by atoms with Crippen LogP contribution in [0, 0.1) is 5.92 Å². The molecule has 26 heavy (non-hydrogen) atoms. The fraction of sp³-hybridized carbons (Fsp3) is 0.727. The molecule has 144 valence electrons. The molecule has 1 saturated heterocycles. The number of benzene rings is 1. The summed E-state index contributed by atoms with van der Waals surface area (Å²) in [7, 11) is 0. The maximum absolute atomic E-state index is 11.5. The third-order valence-corrected chi connectivity index (χ3v) is 6.97. The summed E-state index contributed by atoms with van der Waals surface area (Å²) in [5.41, 5.74) is 0.635. The Kier molecular flexibility index (Phi) is 5.90. The third-order valence-electron chi connectivity index (χ3n) is 6.74. The molecular weight excluding hydrogens is 344 g/mol. The topological polar surface area (TPSA) is 26.7 Å². The van der Waals surface area contributed by atoms with Crippen molar-refractivity contribution in [3.63, 3.8) is 0 Å². The Morgan fingerprint density at radius 3 is 2.38 bits per heavy atom. The molecule has 1 aromatic rings. The molecule has 1 aromatic carbocycles. The largest absolute Gasteiger partial charge is 0.389 e. The maximum atomic E-state index is 11.5. The Balaban J connectivity index is 1.44. The van der Waals surface area contributed by atoms with Crippen molar-refractivity contribution in [3.05, 3.63) is 34.9 Å². The lowest BCUT2D eigenvalue weighted by atomic mass is 9.72. The zero-order valence-electron chi connectivity index (χ0n) is 15.9. The van der Waals surface area contributed by atoms with Crippen molar-refractivity contribution in [3.8, 4) is 0 Å². The highest BCUT2D eigenvalue weighted by Crippen LogP contribution is 2.41. The number of halogens is 1. The molecule has 0 radical (unpaired) electrons. The lowest BCUT2D eigenvalue weighted by Crippen LogP contribution is -2.51. The first-order chi connectivity index (χ1) is 12.6. The predicted octanol–water partition coefficient (Wildman–Crippen LogP) is 4.15. The number of piperazine rings is 1. The van der Waals surface area contributed by atoms with E-state index in [2.05, 4.69) is 21.9 Å². The molecule has 1 N–H and O–H groups in total. The highest BCUT2D eigenvalue weighted by Gasteiger charge is 2.40. The lowest BCUT2D eigenvalue weighted by molar-refractivity contribution is -0.0343. The molecule has 2 aliphatic carbocycles. The molecule has 3 nitrogen and oxygen atoms in total. The first-order valence-corrected chi connectivity index (χ1v) is 10.9. The molecule has 1 unspecified atom stereocenters. The van der Waals surface area contributed by atoms with Crippen molar-refractivity contribution in [1.82, 2.24) is 9.80 Å². The summed E-state index contributed by atoms with van der Waals surface area (Å²) < 4.78 is 0. The van der Waals surface area contributed by atoms with Crippen molar-refractivity contribution in [2.75, 3.05) is 39.3 Å². The molecule has 1 heterocycles. The van der Waals surface area contributed by atoms with Gasteiger partial charge < -0.3 is 14.9 Å². The quantitative estimate of drug-likeness (QED) is 0.808. The molecule has 4 heteroatoms. The minimum absolute atomic E-state index is 0.163. The number of hydrogen-bond donors (Lipinski definition) is 1. The fourth-order valence-corrected chi connectivity index (χ4v) is 5.10. The van der Waals surface area contributed by atoms with E-state index >= 15 is 0 Å². The average molecular weight is 377 g/mol. The van der Waals surface area contributed by atoms with Crippen molar-refractivity contribution in [1.29, 1.82) is 0 Å². The van der Waals surface area contributed by atoms with E-state index in [0.29, 0.717) is 0 Å². The lowest BCUT2D eigenvalue weighted by Gasteiger charge is -2.43. The van der Waals surface area contributed by atoms with E-state index in [1.54, 1.807) is 0 Å². The second-order valence-electron chi connectivity index (χ2n) is 8.82. The summed E-state index contributed by atoms with van der Waals surface area (Å²) in [6, 6.07) is 8.20. The van der Waals surface area contributed by atoms with Gasteiger partial charge in [-0.1, -0.05) is 43.0 Å². The van der Waals surface area contributed by atoms with Crippen LogP contribution in [0.3, 0.4) is 0 Å². The molecule has 4 rings (SSSR count). The van der Waals surface area contributed by atoms with Crippen LogP contribution in [-0.4, -0.2) is 59.8 Å². The zero-order valence-corrected chi connectivity index (χ0v) is 16.6. The van der Waals surface area contributed by atoms with Crippen LogP contribution in [0.4, 0.5) is 0 Å². The molecule has 2 saturated carbocycles. The minimum Gasteiger partial charge on any atom is -0.389 e. The van der Waals surface area contributed by atoms with Crippen LogP contribution in [0.15, 0.2) is 24.3 Å². The summed E-state index contributed by atoms with van der Waals surface area (Å²) in [5, 5.41) is 12.3. The third kappa shape index (κ3) is 4.62. The van der Waals surface area contributed by atoms with Gasteiger partial charge in [0.2, 0.25) is 0 Å². The Hall–Kier alpha value is -0.610. The van der Waals surface area contributed by atoms with E-state index in [1.165, 1.54) is 44.5 Å². The summed E-state index contributed by atoms with van der Waals surface area (Å²) in [5.74, 6) is 1.14. The summed E-state index contributed by atoms with van der Waals surface area (Å²) in [6.45, 7) is 6.86. The smallest absolute Gasteiger partial charge is 0.0728 e. The van der Waals surface area contributed by atoms with Gasteiger partial charge in [-0.3, -0.25) is 0 Å². The van der Waals surface area contributed by atoms with Crippen LogP contribution in [0.1, 0.15) is 56.4 Å². The number of nitrogens with zero attached hydrogens (tertiary/aromatic N) is 2. The van der Waals surface area contributed by atoms with Gasteiger partial charge in [0.25, 0.3) is 0 Å². The molecule has 0 aromatic heterocycles. The number of aliphatic hydroxyl groups is 1. The molecule has 0 spiro atoms. The SMILES string of the molecule is OC1(C(CN2CCN(CC3CC3)CC2)c2cccc(Cl)c2)CCCCC1. The molecule has 0 amide bonds. The van der Waals surface area contributed by atoms with Crippen molar-refractivity contribution in [2.45, 2.75) is 56.5 Å². The van der Waals surface area contributed by atoms with E-state index in [1.807, 2.05) is 12.1 Å². The van der Waals surface area contributed by atoms with E-state index in [-0.39, 0.29) is 5.92 Å². The van der Waals surface area contributed by atoms with Crippen molar-refractivity contribution < 1.29 is 5.11 Å². The molecule has 1 atom stereocenters. The van der Waals surface area contributed by atoms with Crippen LogP contribution in [0.5, 0.6) is 0 Å². The summed E-state index contributed by atoms with van der Waals surface area (Å²) in [4.78, 5) is 5.21. The van der Waals surface area contributed by atoms with Gasteiger partial charge in [-0.2, -0.15) is 0 Å². The predicted molar refractivity (Wildman–Crippen MR) is 108 cm³/mol. The normalized spacial score (nSPS) is 25.9. The Bertz CT molecular complexity index is 590. The zero-order chi connectivity index (χ0) is 18.0. The fourth-order valence-electron chi connectivity index (χ4n) is 4.90. The van der Waals surface area contributed by atoms with Gasteiger partial charge in [-0.05, 0) is 49.3 Å². The van der Waals surface area contributed by atoms with E-state index in [9.17, 15) is 5.11 Å². The Morgan fingerprint density at radius 1 is 1.04 bits per heavy atom. The van der Waals surface area contributed by atoms with Gasteiger partial charge in [-0.25, -0.2) is 0 Å². The highest BCUT2D eigenvalue weighted by molar-refractivity contribution is 6.30. The van der Waals surface area contributed by atoms with Crippen LogP contribution >= 0.6 is 11.6 Å². The van der Waals surface area contributed by atoms with Crippen LogP contribution < -0.4 is 0 Å². The summed E-state index contributed by atoms with van der Waals surface area (Å²) in [6.07, 6.45) is 8.25. The van der Waals surface area contributed by atoms with Crippen LogP contribution in [0.2, 0.25) is 5.02 Å². The molecular formula is C22H33ClN2O. The standard InChI is InChI=1S/C22H33ClN2O/c23-20-6-4-5-19(15-20)21(22(26)9-2-1-3-10-22)17-25-13-11-24(12-14-25)16-18-7-8-18/h4-6,15,18,21,26H,1-3,7-14,16-17H2. The Labute approximate surface area is 163 Å². The number of hydrogen-bond acceptors (Lipinski definition) is 3. The van der Waals surface area contributed by atoms with E-state index < -0.39 is 5.60 Å². The molecule has 3 fully saturated rings. The molecule has 3 aliphatic rings.